The van der Waals surface area contributed by atoms with Crippen LogP contribution in [0.2, 0.25) is 5.02 Å². The highest BCUT2D eigenvalue weighted by molar-refractivity contribution is 7.89. The molecule has 0 aliphatic carbocycles. The van der Waals surface area contributed by atoms with Crippen LogP contribution < -0.4 is 4.72 Å². The van der Waals surface area contributed by atoms with Crippen LogP contribution in [0.15, 0.2) is 71.6 Å². The summed E-state index contributed by atoms with van der Waals surface area (Å²) in [4.78, 5) is 12.0. The van der Waals surface area contributed by atoms with Crippen LogP contribution in [0, 0.1) is 5.82 Å². The van der Waals surface area contributed by atoms with E-state index < -0.39 is 10.0 Å². The minimum absolute atomic E-state index is 0.150. The molecule has 0 aromatic heterocycles. The maximum atomic E-state index is 13.3. The standard InChI is InChI=1S/C26H27ClFNO4S/c1-2-33-26(30)12-5-20-16-21(18-22(17-20)15-19-3-8-24(28)9-4-19)13-14-29-34(31,32)25-10-6-23(27)7-11-25/h3-4,6-11,16-18,29H,2,5,12-15H2,1H3. The van der Waals surface area contributed by atoms with E-state index in [-0.39, 0.29) is 29.6 Å². The lowest BCUT2D eigenvalue weighted by Crippen LogP contribution is -2.26. The fourth-order valence-electron chi connectivity index (χ4n) is 3.57. The molecule has 0 bridgehead atoms. The zero-order chi connectivity index (χ0) is 24.6. The summed E-state index contributed by atoms with van der Waals surface area (Å²) in [6, 6.07) is 18.3. The summed E-state index contributed by atoms with van der Waals surface area (Å²) >= 11 is 5.84. The zero-order valence-electron chi connectivity index (χ0n) is 18.9. The fourth-order valence-corrected chi connectivity index (χ4v) is 4.73. The van der Waals surface area contributed by atoms with E-state index in [0.717, 1.165) is 22.3 Å². The third kappa shape index (κ3) is 7.94. The Labute approximate surface area is 205 Å². The van der Waals surface area contributed by atoms with Gasteiger partial charge in [0.1, 0.15) is 5.82 Å². The minimum atomic E-state index is -3.65. The van der Waals surface area contributed by atoms with Crippen LogP contribution in [0.4, 0.5) is 4.39 Å². The number of rotatable bonds is 11. The van der Waals surface area contributed by atoms with E-state index in [1.54, 1.807) is 19.1 Å². The van der Waals surface area contributed by atoms with E-state index >= 15 is 0 Å². The van der Waals surface area contributed by atoms with Crippen LogP contribution >= 0.6 is 11.6 Å². The molecule has 8 heteroatoms. The third-order valence-corrected chi connectivity index (χ3v) is 6.92. The minimum Gasteiger partial charge on any atom is -0.466 e. The van der Waals surface area contributed by atoms with Gasteiger partial charge in [0.25, 0.3) is 0 Å². The Bertz CT molecular complexity index is 1210. The lowest BCUT2D eigenvalue weighted by atomic mass is 9.96. The monoisotopic (exact) mass is 503 g/mol. The molecule has 0 amide bonds. The second kappa shape index (κ2) is 12.1. The number of hydrogen-bond acceptors (Lipinski definition) is 4. The molecule has 0 aliphatic rings. The van der Waals surface area contributed by atoms with Gasteiger partial charge in [-0.2, -0.15) is 0 Å². The molecule has 3 aromatic rings. The van der Waals surface area contributed by atoms with Gasteiger partial charge in [-0.1, -0.05) is 41.9 Å². The van der Waals surface area contributed by atoms with E-state index in [9.17, 15) is 17.6 Å². The van der Waals surface area contributed by atoms with Gasteiger partial charge in [-0.05, 0) is 84.8 Å². The molecular weight excluding hydrogens is 477 g/mol. The Morgan fingerprint density at radius 1 is 0.912 bits per heavy atom. The van der Waals surface area contributed by atoms with Crippen molar-refractivity contribution < 1.29 is 22.3 Å². The third-order valence-electron chi connectivity index (χ3n) is 5.19. The summed E-state index contributed by atoms with van der Waals surface area (Å²) in [5, 5.41) is 0.465. The molecule has 0 saturated heterocycles. The molecule has 0 saturated carbocycles. The first-order valence-corrected chi connectivity index (χ1v) is 12.9. The average Bonchev–Trinajstić information content (AvgIpc) is 2.80. The van der Waals surface area contributed by atoms with Gasteiger partial charge in [0, 0.05) is 18.0 Å². The maximum absolute atomic E-state index is 13.3. The number of hydrogen-bond donors (Lipinski definition) is 1. The summed E-state index contributed by atoms with van der Waals surface area (Å²) in [5.41, 5.74) is 3.86. The van der Waals surface area contributed by atoms with Crippen molar-refractivity contribution in [1.82, 2.24) is 4.72 Å². The van der Waals surface area contributed by atoms with E-state index in [1.807, 2.05) is 18.2 Å². The summed E-state index contributed by atoms with van der Waals surface area (Å²) in [6.07, 6.45) is 1.84. The van der Waals surface area contributed by atoms with Crippen LogP contribution in [0.5, 0.6) is 0 Å². The Morgan fingerprint density at radius 3 is 2.18 bits per heavy atom. The lowest BCUT2D eigenvalue weighted by Gasteiger charge is -2.12. The first-order chi connectivity index (χ1) is 16.2. The van der Waals surface area contributed by atoms with Crippen LogP contribution in [-0.2, 0) is 38.8 Å². The fraction of sp³-hybridized carbons (Fsp3) is 0.269. The number of aryl methyl sites for hydroxylation is 1. The van der Waals surface area contributed by atoms with Crippen LogP contribution in [0.1, 0.15) is 35.6 Å². The first kappa shape index (κ1) is 25.9. The molecule has 3 aromatic carbocycles. The maximum Gasteiger partial charge on any atom is 0.306 e. The van der Waals surface area contributed by atoms with Gasteiger partial charge in [0.2, 0.25) is 10.0 Å². The normalized spacial score (nSPS) is 11.4. The number of ether oxygens (including phenoxy) is 1. The van der Waals surface area contributed by atoms with Gasteiger partial charge in [-0.15, -0.1) is 0 Å². The van der Waals surface area contributed by atoms with Crippen molar-refractivity contribution in [3.05, 3.63) is 99.8 Å². The summed E-state index contributed by atoms with van der Waals surface area (Å²) in [6.45, 7) is 2.31. The number of esters is 1. The Hall–Kier alpha value is -2.74. The van der Waals surface area contributed by atoms with Crippen molar-refractivity contribution in [2.75, 3.05) is 13.2 Å². The molecule has 180 valence electrons. The quantitative estimate of drug-likeness (QED) is 0.370. The van der Waals surface area contributed by atoms with Crippen molar-refractivity contribution in [2.24, 2.45) is 0 Å². The predicted octanol–water partition coefficient (Wildman–Crippen LogP) is 5.09. The molecule has 0 fully saturated rings. The van der Waals surface area contributed by atoms with Crippen molar-refractivity contribution in [2.45, 2.75) is 37.5 Å². The SMILES string of the molecule is CCOC(=O)CCc1cc(CCNS(=O)(=O)c2ccc(Cl)cc2)cc(Cc2ccc(F)cc2)c1. The second-order valence-electron chi connectivity index (χ2n) is 7.87. The van der Waals surface area contributed by atoms with E-state index in [0.29, 0.717) is 30.9 Å². The van der Waals surface area contributed by atoms with Crippen molar-refractivity contribution >= 4 is 27.6 Å². The van der Waals surface area contributed by atoms with Gasteiger partial charge in [0.05, 0.1) is 11.5 Å². The first-order valence-electron chi connectivity index (χ1n) is 11.0. The molecule has 0 unspecified atom stereocenters. The van der Waals surface area contributed by atoms with Gasteiger partial charge in [-0.25, -0.2) is 17.5 Å². The van der Waals surface area contributed by atoms with Gasteiger partial charge in [0.15, 0.2) is 0 Å². The number of sulfonamides is 1. The molecule has 0 heterocycles. The summed E-state index contributed by atoms with van der Waals surface area (Å²) in [7, 11) is -3.65. The van der Waals surface area contributed by atoms with Crippen LogP contribution in [0.3, 0.4) is 0 Å². The topological polar surface area (TPSA) is 72.5 Å². The van der Waals surface area contributed by atoms with Crippen molar-refractivity contribution in [1.29, 1.82) is 0 Å². The van der Waals surface area contributed by atoms with Crippen molar-refractivity contribution in [3.8, 4) is 0 Å². The molecule has 34 heavy (non-hydrogen) atoms. The molecule has 1 N–H and O–H groups in total. The highest BCUT2D eigenvalue weighted by Gasteiger charge is 2.13. The van der Waals surface area contributed by atoms with Crippen molar-refractivity contribution in [3.63, 3.8) is 0 Å². The lowest BCUT2D eigenvalue weighted by molar-refractivity contribution is -0.143. The molecule has 0 aliphatic heterocycles. The highest BCUT2D eigenvalue weighted by atomic mass is 35.5. The molecule has 0 atom stereocenters. The zero-order valence-corrected chi connectivity index (χ0v) is 20.5. The molecule has 0 radical (unpaired) electrons. The van der Waals surface area contributed by atoms with Gasteiger partial charge >= 0.3 is 5.97 Å². The number of carbonyl (C=O) groups is 1. The number of nitrogens with one attached hydrogen (secondary N) is 1. The smallest absolute Gasteiger partial charge is 0.306 e. The number of carbonyl (C=O) groups excluding carboxylic acids is 1. The second-order valence-corrected chi connectivity index (χ2v) is 10.1. The average molecular weight is 504 g/mol. The van der Waals surface area contributed by atoms with Crippen LogP contribution in [0.25, 0.3) is 0 Å². The van der Waals surface area contributed by atoms with Gasteiger partial charge < -0.3 is 4.74 Å². The summed E-state index contributed by atoms with van der Waals surface area (Å²) < 4.78 is 46.0. The molecule has 5 nitrogen and oxygen atoms in total. The molecular formula is C26H27ClFNO4S. The largest absolute Gasteiger partial charge is 0.466 e. The van der Waals surface area contributed by atoms with Gasteiger partial charge in [-0.3, -0.25) is 4.79 Å². The molecule has 3 rings (SSSR count). The van der Waals surface area contributed by atoms with E-state index in [2.05, 4.69) is 4.72 Å². The molecule has 0 spiro atoms. The highest BCUT2D eigenvalue weighted by Crippen LogP contribution is 2.18. The number of benzene rings is 3. The Morgan fingerprint density at radius 2 is 1.53 bits per heavy atom. The Kier molecular flexibility index (Phi) is 9.21. The summed E-state index contributed by atoms with van der Waals surface area (Å²) in [5.74, 6) is -0.552. The Balaban J connectivity index is 1.73. The van der Waals surface area contributed by atoms with Crippen LogP contribution in [-0.4, -0.2) is 27.5 Å². The van der Waals surface area contributed by atoms with E-state index in [1.165, 1.54) is 36.4 Å². The number of halogens is 2. The van der Waals surface area contributed by atoms with E-state index in [4.69, 9.17) is 16.3 Å². The predicted molar refractivity (Wildman–Crippen MR) is 131 cm³/mol.